The molecule has 0 aliphatic heterocycles. The number of ether oxygens (including phenoxy) is 1. The van der Waals surface area contributed by atoms with E-state index in [0.29, 0.717) is 17.9 Å². The van der Waals surface area contributed by atoms with E-state index >= 15 is 0 Å². The SMILES string of the molecule is CCOC(=O)C=Cc1ncccc1C#N. The molecule has 0 aliphatic rings. The zero-order valence-electron chi connectivity index (χ0n) is 8.30. The van der Waals surface area contributed by atoms with Crippen LogP contribution in [0.25, 0.3) is 6.08 Å². The molecule has 0 radical (unpaired) electrons. The van der Waals surface area contributed by atoms with Gasteiger partial charge in [-0.05, 0) is 25.1 Å². The second-order valence-corrected chi connectivity index (χ2v) is 2.63. The van der Waals surface area contributed by atoms with E-state index in [1.54, 1.807) is 25.3 Å². The summed E-state index contributed by atoms with van der Waals surface area (Å²) in [6, 6.07) is 5.29. The molecule has 1 aromatic heterocycles. The largest absolute Gasteiger partial charge is 0.463 e. The van der Waals surface area contributed by atoms with Gasteiger partial charge in [0.1, 0.15) is 6.07 Å². The van der Waals surface area contributed by atoms with Crippen molar-refractivity contribution in [2.24, 2.45) is 0 Å². The third-order valence-corrected chi connectivity index (χ3v) is 1.62. The summed E-state index contributed by atoms with van der Waals surface area (Å²) in [4.78, 5) is 15.0. The van der Waals surface area contributed by atoms with Gasteiger partial charge >= 0.3 is 5.97 Å². The van der Waals surface area contributed by atoms with Gasteiger partial charge in [0.25, 0.3) is 0 Å². The smallest absolute Gasteiger partial charge is 0.330 e. The molecule has 0 N–H and O–H groups in total. The molecule has 4 heteroatoms. The van der Waals surface area contributed by atoms with Crippen molar-refractivity contribution >= 4 is 12.0 Å². The van der Waals surface area contributed by atoms with Crippen LogP contribution in [0.3, 0.4) is 0 Å². The van der Waals surface area contributed by atoms with Crippen molar-refractivity contribution in [2.75, 3.05) is 6.61 Å². The second kappa shape index (κ2) is 5.55. The van der Waals surface area contributed by atoms with Crippen LogP contribution in [-0.4, -0.2) is 17.6 Å². The van der Waals surface area contributed by atoms with Gasteiger partial charge < -0.3 is 4.74 Å². The van der Waals surface area contributed by atoms with Gasteiger partial charge in [0, 0.05) is 12.3 Å². The number of hydrogen-bond acceptors (Lipinski definition) is 4. The molecule has 1 rings (SSSR count). The maximum atomic E-state index is 11.0. The first kappa shape index (κ1) is 10.9. The van der Waals surface area contributed by atoms with Gasteiger partial charge in [-0.3, -0.25) is 4.98 Å². The van der Waals surface area contributed by atoms with E-state index in [1.807, 2.05) is 6.07 Å². The summed E-state index contributed by atoms with van der Waals surface area (Å²) in [5.74, 6) is -0.438. The number of carbonyl (C=O) groups excluding carboxylic acids is 1. The van der Waals surface area contributed by atoms with Gasteiger partial charge in [0.05, 0.1) is 17.9 Å². The quantitative estimate of drug-likeness (QED) is 0.550. The average molecular weight is 202 g/mol. The fourth-order valence-electron chi connectivity index (χ4n) is 0.982. The molecule has 0 aromatic carbocycles. The first-order valence-corrected chi connectivity index (χ1v) is 4.48. The van der Waals surface area contributed by atoms with Crippen molar-refractivity contribution in [2.45, 2.75) is 6.92 Å². The number of rotatable bonds is 3. The first-order chi connectivity index (χ1) is 7.27. The van der Waals surface area contributed by atoms with Crippen LogP contribution in [0, 0.1) is 11.3 Å². The van der Waals surface area contributed by atoms with Crippen molar-refractivity contribution in [3.8, 4) is 6.07 Å². The third-order valence-electron chi connectivity index (χ3n) is 1.62. The molecule has 0 saturated carbocycles. The van der Waals surface area contributed by atoms with E-state index in [0.717, 1.165) is 0 Å². The van der Waals surface area contributed by atoms with E-state index in [4.69, 9.17) is 10.00 Å². The predicted octanol–water partition coefficient (Wildman–Crippen LogP) is 1.53. The molecular weight excluding hydrogens is 192 g/mol. The molecule has 76 valence electrons. The summed E-state index contributed by atoms with van der Waals surface area (Å²) in [5.41, 5.74) is 0.895. The minimum atomic E-state index is -0.438. The summed E-state index contributed by atoms with van der Waals surface area (Å²) in [7, 11) is 0. The van der Waals surface area contributed by atoms with Gasteiger partial charge in [0.15, 0.2) is 0 Å². The lowest BCUT2D eigenvalue weighted by molar-refractivity contribution is -0.137. The molecule has 0 saturated heterocycles. The van der Waals surface area contributed by atoms with E-state index in [1.165, 1.54) is 12.2 Å². The molecule has 1 aromatic rings. The van der Waals surface area contributed by atoms with Crippen LogP contribution in [-0.2, 0) is 9.53 Å². The molecule has 15 heavy (non-hydrogen) atoms. The number of nitrogens with zero attached hydrogens (tertiary/aromatic N) is 2. The number of pyridine rings is 1. The van der Waals surface area contributed by atoms with Gasteiger partial charge in [-0.2, -0.15) is 5.26 Å². The molecule has 0 spiro atoms. The molecule has 0 bridgehead atoms. The number of hydrogen-bond donors (Lipinski definition) is 0. The Morgan fingerprint density at radius 2 is 2.53 bits per heavy atom. The third kappa shape index (κ3) is 3.24. The molecule has 0 aliphatic carbocycles. The Labute approximate surface area is 87.8 Å². The summed E-state index contributed by atoms with van der Waals surface area (Å²) < 4.78 is 4.70. The standard InChI is InChI=1S/C11H10N2O2/c1-2-15-11(14)6-5-10-9(8-12)4-3-7-13-10/h3-7H,2H2,1H3. The lowest BCUT2D eigenvalue weighted by atomic mass is 10.2. The minimum absolute atomic E-state index is 0.330. The summed E-state index contributed by atoms with van der Waals surface area (Å²) in [6.07, 6.45) is 4.29. The Bertz CT molecular complexity index is 419. The van der Waals surface area contributed by atoms with Crippen molar-refractivity contribution in [1.29, 1.82) is 5.26 Å². The van der Waals surface area contributed by atoms with Gasteiger partial charge in [-0.25, -0.2) is 4.79 Å². The van der Waals surface area contributed by atoms with Crippen molar-refractivity contribution < 1.29 is 9.53 Å². The number of carbonyl (C=O) groups is 1. The highest BCUT2D eigenvalue weighted by atomic mass is 16.5. The zero-order chi connectivity index (χ0) is 11.1. The summed E-state index contributed by atoms with van der Waals surface area (Å²) in [6.45, 7) is 2.06. The molecule has 4 nitrogen and oxygen atoms in total. The van der Waals surface area contributed by atoms with Crippen LogP contribution in [0.5, 0.6) is 0 Å². The first-order valence-electron chi connectivity index (χ1n) is 4.48. The van der Waals surface area contributed by atoms with E-state index in [2.05, 4.69) is 4.98 Å². The maximum absolute atomic E-state index is 11.0. The van der Waals surface area contributed by atoms with Gasteiger partial charge in [-0.1, -0.05) is 0 Å². The van der Waals surface area contributed by atoms with Gasteiger partial charge in [0.2, 0.25) is 0 Å². The lowest BCUT2D eigenvalue weighted by Gasteiger charge is -1.96. The number of aromatic nitrogens is 1. The van der Waals surface area contributed by atoms with Crippen LogP contribution in [0.4, 0.5) is 0 Å². The highest BCUT2D eigenvalue weighted by Gasteiger charge is 1.99. The monoisotopic (exact) mass is 202 g/mol. The summed E-state index contributed by atoms with van der Waals surface area (Å²) >= 11 is 0. The van der Waals surface area contributed by atoms with Crippen LogP contribution in [0.2, 0.25) is 0 Å². The average Bonchev–Trinajstić information content (AvgIpc) is 2.27. The highest BCUT2D eigenvalue weighted by molar-refractivity contribution is 5.87. The minimum Gasteiger partial charge on any atom is -0.463 e. The van der Waals surface area contributed by atoms with Crippen molar-refractivity contribution in [1.82, 2.24) is 4.98 Å². The van der Waals surface area contributed by atoms with Crippen LogP contribution in [0.1, 0.15) is 18.2 Å². The van der Waals surface area contributed by atoms with Crippen LogP contribution in [0.15, 0.2) is 24.4 Å². The Balaban J connectivity index is 2.81. The molecule has 1 heterocycles. The number of nitriles is 1. The highest BCUT2D eigenvalue weighted by Crippen LogP contribution is 2.05. The molecule has 0 fully saturated rings. The topological polar surface area (TPSA) is 63.0 Å². The Morgan fingerprint density at radius 1 is 1.73 bits per heavy atom. The van der Waals surface area contributed by atoms with Crippen LogP contribution < -0.4 is 0 Å². The van der Waals surface area contributed by atoms with E-state index in [-0.39, 0.29) is 0 Å². The van der Waals surface area contributed by atoms with E-state index < -0.39 is 5.97 Å². The second-order valence-electron chi connectivity index (χ2n) is 2.63. The normalized spacial score (nSPS) is 9.87. The van der Waals surface area contributed by atoms with Crippen LogP contribution >= 0.6 is 0 Å². The fourth-order valence-corrected chi connectivity index (χ4v) is 0.982. The Kier molecular flexibility index (Phi) is 4.05. The molecule has 0 amide bonds. The molecular formula is C11H10N2O2. The molecule has 0 unspecified atom stereocenters. The zero-order valence-corrected chi connectivity index (χ0v) is 8.30. The van der Waals surface area contributed by atoms with E-state index in [9.17, 15) is 4.79 Å². The number of esters is 1. The predicted molar refractivity (Wildman–Crippen MR) is 54.6 cm³/mol. The van der Waals surface area contributed by atoms with Gasteiger partial charge in [-0.15, -0.1) is 0 Å². The lowest BCUT2D eigenvalue weighted by Crippen LogP contribution is -1.99. The van der Waals surface area contributed by atoms with Crippen molar-refractivity contribution in [3.63, 3.8) is 0 Å². The molecule has 0 atom stereocenters. The Morgan fingerprint density at radius 3 is 3.20 bits per heavy atom. The fraction of sp³-hybridized carbons (Fsp3) is 0.182. The maximum Gasteiger partial charge on any atom is 0.330 e. The summed E-state index contributed by atoms with van der Waals surface area (Å²) in [5, 5.41) is 8.75. The Hall–Kier alpha value is -2.15. The van der Waals surface area contributed by atoms with Crippen molar-refractivity contribution in [3.05, 3.63) is 35.7 Å².